The zero-order chi connectivity index (χ0) is 9.42. The summed E-state index contributed by atoms with van der Waals surface area (Å²) in [6.07, 6.45) is 3.63. The average molecular weight is 293 g/mol. The molecule has 13 heavy (non-hydrogen) atoms. The van der Waals surface area contributed by atoms with Gasteiger partial charge in [-0.1, -0.05) is 0 Å². The third kappa shape index (κ3) is 2.10. The van der Waals surface area contributed by atoms with Crippen molar-refractivity contribution < 1.29 is 4.39 Å². The van der Waals surface area contributed by atoms with E-state index >= 15 is 0 Å². The number of pyridine rings is 1. The van der Waals surface area contributed by atoms with E-state index in [2.05, 4.69) is 0 Å². The monoisotopic (exact) mass is 293 g/mol. The van der Waals surface area contributed by atoms with Gasteiger partial charge in [0.1, 0.15) is 5.82 Å². The lowest BCUT2D eigenvalue weighted by Crippen LogP contribution is -2.23. The molecule has 0 unspecified atom stereocenters. The molecule has 1 heterocycles. The third-order valence-corrected chi connectivity index (χ3v) is 2.93. The lowest BCUT2D eigenvalue weighted by atomic mass is 10.4. The first-order valence-electron chi connectivity index (χ1n) is 4.22. The second kappa shape index (κ2) is 3.40. The van der Waals surface area contributed by atoms with Crippen molar-refractivity contribution in [2.24, 2.45) is 5.92 Å². The van der Waals surface area contributed by atoms with Crippen LogP contribution in [0.2, 0.25) is 0 Å². The maximum Gasteiger partial charge on any atom is 0.264 e. The minimum atomic E-state index is -0.329. The molecule has 2 nitrogen and oxygen atoms in total. The predicted molar refractivity (Wildman–Crippen MR) is 56.1 cm³/mol. The molecule has 0 spiro atoms. The van der Waals surface area contributed by atoms with Crippen molar-refractivity contribution in [2.45, 2.75) is 19.4 Å². The summed E-state index contributed by atoms with van der Waals surface area (Å²) in [5, 5.41) is 0. The Morgan fingerprint density at radius 3 is 2.92 bits per heavy atom. The summed E-state index contributed by atoms with van der Waals surface area (Å²) in [6, 6.07) is 1.27. The Morgan fingerprint density at radius 1 is 1.62 bits per heavy atom. The van der Waals surface area contributed by atoms with Crippen LogP contribution < -0.4 is 5.56 Å². The Hall–Kier alpha value is -0.390. The lowest BCUT2D eigenvalue weighted by Gasteiger charge is -2.04. The van der Waals surface area contributed by atoms with E-state index < -0.39 is 0 Å². The van der Waals surface area contributed by atoms with Crippen molar-refractivity contribution in [3.8, 4) is 0 Å². The molecule has 0 amide bonds. The predicted octanol–water partition coefficient (Wildman–Crippen LogP) is 2.00. The van der Waals surface area contributed by atoms with Gasteiger partial charge in [-0.15, -0.1) is 0 Å². The number of rotatable bonds is 2. The van der Waals surface area contributed by atoms with E-state index in [1.54, 1.807) is 0 Å². The summed E-state index contributed by atoms with van der Waals surface area (Å²) in [7, 11) is 0. The largest absolute Gasteiger partial charge is 0.311 e. The minimum Gasteiger partial charge on any atom is -0.311 e. The first-order valence-corrected chi connectivity index (χ1v) is 5.30. The summed E-state index contributed by atoms with van der Waals surface area (Å²) in [6.45, 7) is 0.673. The van der Waals surface area contributed by atoms with Crippen LogP contribution in [0.15, 0.2) is 17.1 Å². The Morgan fingerprint density at radius 2 is 2.31 bits per heavy atom. The first-order chi connectivity index (χ1) is 6.16. The van der Waals surface area contributed by atoms with E-state index in [9.17, 15) is 9.18 Å². The Kier molecular flexibility index (Phi) is 2.40. The molecule has 0 saturated heterocycles. The van der Waals surface area contributed by atoms with Crippen molar-refractivity contribution in [3.63, 3.8) is 0 Å². The fourth-order valence-corrected chi connectivity index (χ4v) is 1.89. The molecular weight excluding hydrogens is 284 g/mol. The van der Waals surface area contributed by atoms with Crippen molar-refractivity contribution in [3.05, 3.63) is 32.0 Å². The van der Waals surface area contributed by atoms with E-state index in [4.69, 9.17) is 0 Å². The van der Waals surface area contributed by atoms with Crippen LogP contribution in [0.1, 0.15) is 12.8 Å². The smallest absolute Gasteiger partial charge is 0.264 e. The van der Waals surface area contributed by atoms with E-state index in [-0.39, 0.29) is 11.4 Å². The SMILES string of the molecule is O=c1c(I)cc(F)cn1CC1CC1. The lowest BCUT2D eigenvalue weighted by molar-refractivity contribution is 0.554. The molecule has 1 fully saturated rings. The van der Waals surface area contributed by atoms with Gasteiger partial charge in [-0.2, -0.15) is 0 Å². The zero-order valence-corrected chi connectivity index (χ0v) is 9.12. The molecule has 0 bridgehead atoms. The van der Waals surface area contributed by atoms with E-state index in [0.717, 1.165) is 0 Å². The fourth-order valence-electron chi connectivity index (χ4n) is 1.28. The molecule has 1 aromatic heterocycles. The molecule has 2 rings (SSSR count). The van der Waals surface area contributed by atoms with Crippen molar-refractivity contribution >= 4 is 22.6 Å². The maximum absolute atomic E-state index is 12.9. The van der Waals surface area contributed by atoms with Gasteiger partial charge in [0.05, 0.1) is 3.57 Å². The summed E-state index contributed by atoms with van der Waals surface area (Å²) >= 11 is 1.87. The van der Waals surface area contributed by atoms with Gasteiger partial charge in [-0.05, 0) is 47.4 Å². The number of aromatic nitrogens is 1. The molecular formula is C9H9FINO. The normalized spacial score (nSPS) is 16.2. The van der Waals surface area contributed by atoms with Gasteiger partial charge >= 0.3 is 0 Å². The molecule has 70 valence electrons. The summed E-state index contributed by atoms with van der Waals surface area (Å²) in [5.41, 5.74) is -0.0751. The number of hydrogen-bond acceptors (Lipinski definition) is 1. The van der Waals surface area contributed by atoms with Gasteiger partial charge in [0.2, 0.25) is 0 Å². The van der Waals surface area contributed by atoms with Crippen LogP contribution in [-0.4, -0.2) is 4.57 Å². The van der Waals surface area contributed by atoms with Crippen LogP contribution in [0.4, 0.5) is 4.39 Å². The standard InChI is InChI=1S/C9H9FINO/c10-7-3-8(11)9(13)12(5-7)4-6-1-2-6/h3,5-6H,1-2,4H2. The Labute approximate surface area is 88.9 Å². The summed E-state index contributed by atoms with van der Waals surface area (Å²) in [5.74, 6) is 0.264. The van der Waals surface area contributed by atoms with Crippen molar-refractivity contribution in [2.75, 3.05) is 0 Å². The molecule has 0 aliphatic heterocycles. The molecule has 1 aliphatic carbocycles. The van der Waals surface area contributed by atoms with Crippen LogP contribution in [0.5, 0.6) is 0 Å². The van der Waals surface area contributed by atoms with Crippen molar-refractivity contribution in [1.29, 1.82) is 0 Å². The molecule has 1 aliphatic rings. The van der Waals surface area contributed by atoms with Gasteiger partial charge in [0, 0.05) is 12.7 Å². The Balaban J connectivity index is 2.36. The second-order valence-corrected chi connectivity index (χ2v) is 4.57. The highest BCUT2D eigenvalue weighted by atomic mass is 127. The van der Waals surface area contributed by atoms with Crippen molar-refractivity contribution in [1.82, 2.24) is 4.57 Å². The molecule has 0 aromatic carbocycles. The summed E-state index contributed by atoms with van der Waals surface area (Å²) < 4.78 is 14.9. The number of halogens is 2. The molecule has 0 radical (unpaired) electrons. The average Bonchev–Trinajstić information content (AvgIpc) is 2.83. The van der Waals surface area contributed by atoms with E-state index in [1.807, 2.05) is 22.6 Å². The maximum atomic E-state index is 12.9. The molecule has 1 saturated carbocycles. The zero-order valence-electron chi connectivity index (χ0n) is 6.96. The minimum absolute atomic E-state index is 0.0751. The molecule has 1 aromatic rings. The number of nitrogens with zero attached hydrogens (tertiary/aromatic N) is 1. The van der Waals surface area contributed by atoms with Gasteiger partial charge in [0.15, 0.2) is 0 Å². The van der Waals surface area contributed by atoms with Crippen LogP contribution in [-0.2, 0) is 6.54 Å². The Bertz CT molecular complexity index is 384. The first kappa shape index (κ1) is 9.18. The molecule has 0 N–H and O–H groups in total. The highest BCUT2D eigenvalue weighted by Crippen LogP contribution is 2.30. The molecule has 4 heteroatoms. The van der Waals surface area contributed by atoms with E-state index in [0.29, 0.717) is 16.0 Å². The highest BCUT2D eigenvalue weighted by Gasteiger charge is 2.22. The number of hydrogen-bond donors (Lipinski definition) is 0. The van der Waals surface area contributed by atoms with Crippen LogP contribution >= 0.6 is 22.6 Å². The van der Waals surface area contributed by atoms with Gasteiger partial charge in [0.25, 0.3) is 5.56 Å². The molecule has 0 atom stereocenters. The third-order valence-electron chi connectivity index (χ3n) is 2.16. The van der Waals surface area contributed by atoms with Gasteiger partial charge in [-0.25, -0.2) is 4.39 Å². The topological polar surface area (TPSA) is 22.0 Å². The summed E-state index contributed by atoms with van der Waals surface area (Å²) in [4.78, 5) is 11.5. The highest BCUT2D eigenvalue weighted by molar-refractivity contribution is 14.1. The van der Waals surface area contributed by atoms with Crippen LogP contribution in [0, 0.1) is 15.3 Å². The van der Waals surface area contributed by atoms with Crippen LogP contribution in [0.3, 0.4) is 0 Å². The second-order valence-electron chi connectivity index (χ2n) is 3.41. The van der Waals surface area contributed by atoms with Gasteiger partial charge < -0.3 is 4.57 Å². The van der Waals surface area contributed by atoms with Gasteiger partial charge in [-0.3, -0.25) is 4.79 Å². The van der Waals surface area contributed by atoms with E-state index in [1.165, 1.54) is 29.7 Å². The van der Waals surface area contributed by atoms with Crippen LogP contribution in [0.25, 0.3) is 0 Å². The fraction of sp³-hybridized carbons (Fsp3) is 0.444. The quantitative estimate of drug-likeness (QED) is 0.764.